The van der Waals surface area contributed by atoms with Gasteiger partial charge in [-0.1, -0.05) is 60.1 Å². The summed E-state index contributed by atoms with van der Waals surface area (Å²) in [6.07, 6.45) is 0. The number of hydrogen-bond acceptors (Lipinski definition) is 3. The van der Waals surface area contributed by atoms with Gasteiger partial charge in [0.1, 0.15) is 11.2 Å². The summed E-state index contributed by atoms with van der Waals surface area (Å²) in [4.78, 5) is 26.1. The first-order valence-corrected chi connectivity index (χ1v) is 9.59. The average Bonchev–Trinajstić information content (AvgIpc) is 2.95. The Morgan fingerprint density at radius 3 is 2.17 bits per heavy atom. The molecular formula is C22H23ClN4O2. The summed E-state index contributed by atoms with van der Waals surface area (Å²) in [6, 6.07) is 14.0. The molecule has 1 atom stereocenters. The van der Waals surface area contributed by atoms with Gasteiger partial charge in [-0.05, 0) is 37.5 Å². The number of hydrogen-bond donors (Lipinski definition) is 2. The number of aromatic nitrogens is 2. The Labute approximate surface area is 174 Å². The standard InChI is InChI=1S/C22H23ClN4O2/c1-13-9-8-10-14(2)18(13)24-22(29)19(16-11-6-5-7-12-16)25-21(28)17-15(3)26-27(4)20(17)23/h5-12,19H,1-4H3,(H,24,29)(H,25,28)/t19-/m1/s1. The van der Waals surface area contributed by atoms with Crippen LogP contribution in [0.15, 0.2) is 48.5 Å². The molecule has 0 bridgehead atoms. The lowest BCUT2D eigenvalue weighted by Gasteiger charge is -2.20. The van der Waals surface area contributed by atoms with Gasteiger partial charge < -0.3 is 10.6 Å². The van der Waals surface area contributed by atoms with E-state index in [0.717, 1.165) is 16.8 Å². The summed E-state index contributed by atoms with van der Waals surface area (Å²) >= 11 is 6.23. The van der Waals surface area contributed by atoms with Crippen LogP contribution < -0.4 is 10.6 Å². The Hall–Kier alpha value is -3.12. The maximum atomic E-state index is 13.2. The second-order valence-electron chi connectivity index (χ2n) is 6.95. The summed E-state index contributed by atoms with van der Waals surface area (Å²) in [5.41, 5.74) is 4.06. The van der Waals surface area contributed by atoms with E-state index in [9.17, 15) is 9.59 Å². The smallest absolute Gasteiger partial charge is 0.257 e. The van der Waals surface area contributed by atoms with Gasteiger partial charge in [-0.3, -0.25) is 14.3 Å². The number of nitrogens with zero attached hydrogens (tertiary/aromatic N) is 2. The number of amides is 2. The molecule has 7 heteroatoms. The molecule has 0 aliphatic rings. The van der Waals surface area contributed by atoms with E-state index in [1.54, 1.807) is 26.1 Å². The third kappa shape index (κ3) is 4.32. The minimum Gasteiger partial charge on any atom is -0.336 e. The second-order valence-corrected chi connectivity index (χ2v) is 7.31. The van der Waals surface area contributed by atoms with Crippen molar-refractivity contribution in [1.82, 2.24) is 15.1 Å². The van der Waals surface area contributed by atoms with Crippen LogP contribution in [0.1, 0.15) is 38.8 Å². The van der Waals surface area contributed by atoms with Crippen LogP contribution in [0.2, 0.25) is 5.15 Å². The number of anilines is 1. The zero-order valence-electron chi connectivity index (χ0n) is 16.8. The summed E-state index contributed by atoms with van der Waals surface area (Å²) in [6.45, 7) is 5.56. The molecule has 1 aromatic heterocycles. The molecule has 0 spiro atoms. The second kappa shape index (κ2) is 8.49. The van der Waals surface area contributed by atoms with E-state index in [1.807, 2.05) is 50.2 Å². The van der Waals surface area contributed by atoms with E-state index in [1.165, 1.54) is 4.68 Å². The molecule has 150 valence electrons. The molecule has 0 aliphatic carbocycles. The molecule has 2 N–H and O–H groups in total. The molecule has 0 aliphatic heterocycles. The Kier molecular flexibility index (Phi) is 6.03. The fourth-order valence-electron chi connectivity index (χ4n) is 3.24. The summed E-state index contributed by atoms with van der Waals surface area (Å²) in [5, 5.41) is 10.2. The Morgan fingerprint density at radius 2 is 1.62 bits per heavy atom. The number of aryl methyl sites for hydroxylation is 4. The molecule has 2 aromatic carbocycles. The van der Waals surface area contributed by atoms with Crippen LogP contribution in [0.4, 0.5) is 5.69 Å². The van der Waals surface area contributed by atoms with Gasteiger partial charge in [0.15, 0.2) is 0 Å². The molecule has 3 rings (SSSR count). The summed E-state index contributed by atoms with van der Waals surface area (Å²) in [5.74, 6) is -0.786. The zero-order valence-corrected chi connectivity index (χ0v) is 17.5. The number of rotatable bonds is 5. The first kappa shape index (κ1) is 20.6. The van der Waals surface area contributed by atoms with E-state index in [2.05, 4.69) is 15.7 Å². The molecule has 3 aromatic rings. The first-order valence-electron chi connectivity index (χ1n) is 9.21. The van der Waals surface area contributed by atoms with Gasteiger partial charge in [0.2, 0.25) is 0 Å². The lowest BCUT2D eigenvalue weighted by Crippen LogP contribution is -2.37. The Balaban J connectivity index is 1.93. The molecule has 1 heterocycles. The third-order valence-corrected chi connectivity index (χ3v) is 5.21. The van der Waals surface area contributed by atoms with Crippen molar-refractivity contribution >= 4 is 29.1 Å². The van der Waals surface area contributed by atoms with Gasteiger partial charge in [0.25, 0.3) is 11.8 Å². The van der Waals surface area contributed by atoms with Crippen LogP contribution in [0.5, 0.6) is 0 Å². The van der Waals surface area contributed by atoms with Crippen molar-refractivity contribution in [3.8, 4) is 0 Å². The minimum absolute atomic E-state index is 0.224. The highest BCUT2D eigenvalue weighted by Gasteiger charge is 2.27. The van der Waals surface area contributed by atoms with Gasteiger partial charge in [-0.15, -0.1) is 0 Å². The van der Waals surface area contributed by atoms with Crippen molar-refractivity contribution in [1.29, 1.82) is 0 Å². The third-order valence-electron chi connectivity index (χ3n) is 4.78. The van der Waals surface area contributed by atoms with Gasteiger partial charge in [0.05, 0.1) is 11.3 Å². The normalized spacial score (nSPS) is 11.8. The van der Waals surface area contributed by atoms with E-state index < -0.39 is 11.9 Å². The fraction of sp³-hybridized carbons (Fsp3) is 0.227. The number of para-hydroxylation sites is 1. The van der Waals surface area contributed by atoms with Gasteiger partial charge >= 0.3 is 0 Å². The highest BCUT2D eigenvalue weighted by molar-refractivity contribution is 6.33. The Bertz CT molecular complexity index is 1040. The van der Waals surface area contributed by atoms with Gasteiger partial charge in [-0.2, -0.15) is 5.10 Å². The van der Waals surface area contributed by atoms with Crippen LogP contribution in [-0.4, -0.2) is 21.6 Å². The SMILES string of the molecule is Cc1cccc(C)c1NC(=O)[C@H](NC(=O)c1c(C)nn(C)c1Cl)c1ccccc1. The van der Waals surface area contributed by atoms with Crippen molar-refractivity contribution in [3.63, 3.8) is 0 Å². The molecule has 0 fully saturated rings. The number of nitrogens with one attached hydrogen (secondary N) is 2. The van der Waals surface area contributed by atoms with E-state index >= 15 is 0 Å². The van der Waals surface area contributed by atoms with E-state index in [0.29, 0.717) is 11.3 Å². The highest BCUT2D eigenvalue weighted by Crippen LogP contribution is 2.24. The van der Waals surface area contributed by atoms with Crippen LogP contribution in [0.3, 0.4) is 0 Å². The maximum absolute atomic E-state index is 13.2. The molecule has 0 saturated carbocycles. The lowest BCUT2D eigenvalue weighted by atomic mass is 10.0. The maximum Gasteiger partial charge on any atom is 0.257 e. The monoisotopic (exact) mass is 410 g/mol. The molecule has 0 unspecified atom stereocenters. The topological polar surface area (TPSA) is 76.0 Å². The van der Waals surface area contributed by atoms with Crippen molar-refractivity contribution in [2.24, 2.45) is 7.05 Å². The number of carbonyl (C=O) groups is 2. The van der Waals surface area contributed by atoms with E-state index in [-0.39, 0.29) is 16.6 Å². The van der Waals surface area contributed by atoms with Crippen LogP contribution >= 0.6 is 11.6 Å². The minimum atomic E-state index is -0.890. The molecule has 0 saturated heterocycles. The van der Waals surface area contributed by atoms with Crippen LogP contribution in [-0.2, 0) is 11.8 Å². The molecule has 0 radical (unpaired) electrons. The number of carbonyl (C=O) groups excluding carboxylic acids is 2. The van der Waals surface area contributed by atoms with Crippen molar-refractivity contribution in [3.05, 3.63) is 81.6 Å². The largest absolute Gasteiger partial charge is 0.336 e. The van der Waals surface area contributed by atoms with Crippen LogP contribution in [0, 0.1) is 20.8 Å². The molecule has 2 amide bonds. The highest BCUT2D eigenvalue weighted by atomic mass is 35.5. The summed E-state index contributed by atoms with van der Waals surface area (Å²) < 4.78 is 1.43. The first-order chi connectivity index (χ1) is 13.8. The van der Waals surface area contributed by atoms with E-state index in [4.69, 9.17) is 11.6 Å². The van der Waals surface area contributed by atoms with Gasteiger partial charge in [0, 0.05) is 12.7 Å². The quantitative estimate of drug-likeness (QED) is 0.664. The Morgan fingerprint density at radius 1 is 1.00 bits per heavy atom. The van der Waals surface area contributed by atoms with Crippen molar-refractivity contribution in [2.45, 2.75) is 26.8 Å². The molecule has 6 nitrogen and oxygen atoms in total. The fourth-order valence-corrected chi connectivity index (χ4v) is 3.50. The molecule has 29 heavy (non-hydrogen) atoms. The van der Waals surface area contributed by atoms with Crippen molar-refractivity contribution in [2.75, 3.05) is 5.32 Å². The lowest BCUT2D eigenvalue weighted by molar-refractivity contribution is -0.118. The predicted molar refractivity (Wildman–Crippen MR) is 114 cm³/mol. The predicted octanol–water partition coefficient (Wildman–Crippen LogP) is 4.11. The number of benzene rings is 2. The van der Waals surface area contributed by atoms with Crippen LogP contribution in [0.25, 0.3) is 0 Å². The molecular weight excluding hydrogens is 388 g/mol. The summed E-state index contributed by atoms with van der Waals surface area (Å²) in [7, 11) is 1.66. The average molecular weight is 411 g/mol. The van der Waals surface area contributed by atoms with Gasteiger partial charge in [-0.25, -0.2) is 0 Å². The zero-order chi connectivity index (χ0) is 21.1. The number of halogens is 1. The van der Waals surface area contributed by atoms with Crippen molar-refractivity contribution < 1.29 is 9.59 Å².